The molecule has 0 fully saturated rings. The van der Waals surface area contributed by atoms with E-state index in [1.165, 1.54) is 4.90 Å². The number of aryl methyl sites for hydroxylation is 1. The predicted molar refractivity (Wildman–Crippen MR) is 93.0 cm³/mol. The number of hydrogen-bond donors (Lipinski definition) is 1. The zero-order valence-corrected chi connectivity index (χ0v) is 14.7. The molecule has 1 atom stereocenters. The third-order valence-electron chi connectivity index (χ3n) is 3.33. The van der Waals surface area contributed by atoms with Crippen LogP contribution in [-0.4, -0.2) is 12.2 Å². The zero-order chi connectivity index (χ0) is 15.4. The standard InChI is InChI=1S/C17H18BrNOS/c1-11-4-9-16(18)15(10-11)17(20)19-12(2)13-5-7-14(21-3)8-6-13/h4-10,12H,1-3H3,(H,19,20). The number of carbonyl (C=O) groups excluding carboxylic acids is 1. The molecule has 0 aliphatic heterocycles. The molecule has 1 N–H and O–H groups in total. The van der Waals surface area contributed by atoms with Gasteiger partial charge in [0.2, 0.25) is 0 Å². The van der Waals surface area contributed by atoms with Crippen LogP contribution in [0, 0.1) is 6.92 Å². The first-order valence-electron chi connectivity index (χ1n) is 6.72. The molecule has 2 nitrogen and oxygen atoms in total. The maximum atomic E-state index is 12.4. The molecule has 2 aromatic rings. The second-order valence-electron chi connectivity index (χ2n) is 4.95. The first-order chi connectivity index (χ1) is 10.0. The Hall–Kier alpha value is -1.26. The van der Waals surface area contributed by atoms with Crippen LogP contribution in [-0.2, 0) is 0 Å². The minimum Gasteiger partial charge on any atom is -0.345 e. The van der Waals surface area contributed by atoms with Crippen molar-refractivity contribution in [3.05, 3.63) is 63.6 Å². The van der Waals surface area contributed by atoms with Crippen LogP contribution in [0.3, 0.4) is 0 Å². The normalized spacial score (nSPS) is 12.0. The van der Waals surface area contributed by atoms with Crippen molar-refractivity contribution in [2.45, 2.75) is 24.8 Å². The van der Waals surface area contributed by atoms with Crippen LogP contribution < -0.4 is 5.32 Å². The Bertz CT molecular complexity index is 640. The number of carbonyl (C=O) groups is 1. The summed E-state index contributed by atoms with van der Waals surface area (Å²) in [6, 6.07) is 14.0. The van der Waals surface area contributed by atoms with Crippen LogP contribution in [0.1, 0.15) is 34.5 Å². The highest BCUT2D eigenvalue weighted by Crippen LogP contribution is 2.21. The van der Waals surface area contributed by atoms with E-state index in [-0.39, 0.29) is 11.9 Å². The Morgan fingerprint density at radius 3 is 2.48 bits per heavy atom. The zero-order valence-electron chi connectivity index (χ0n) is 12.3. The van der Waals surface area contributed by atoms with Gasteiger partial charge in [0.05, 0.1) is 11.6 Å². The van der Waals surface area contributed by atoms with E-state index >= 15 is 0 Å². The average molecular weight is 364 g/mol. The van der Waals surface area contributed by atoms with Crippen LogP contribution in [0.15, 0.2) is 51.8 Å². The summed E-state index contributed by atoms with van der Waals surface area (Å²) in [5, 5.41) is 3.04. The fourth-order valence-electron chi connectivity index (χ4n) is 2.06. The summed E-state index contributed by atoms with van der Waals surface area (Å²) in [5.41, 5.74) is 2.84. The van der Waals surface area contributed by atoms with Crippen molar-refractivity contribution in [3.63, 3.8) is 0 Å². The summed E-state index contributed by atoms with van der Waals surface area (Å²) in [6.07, 6.45) is 2.05. The summed E-state index contributed by atoms with van der Waals surface area (Å²) in [6.45, 7) is 3.98. The highest BCUT2D eigenvalue weighted by molar-refractivity contribution is 9.10. The number of thioether (sulfide) groups is 1. The summed E-state index contributed by atoms with van der Waals surface area (Å²) >= 11 is 5.14. The van der Waals surface area contributed by atoms with Crippen LogP contribution in [0.5, 0.6) is 0 Å². The van der Waals surface area contributed by atoms with E-state index in [4.69, 9.17) is 0 Å². The van der Waals surface area contributed by atoms with E-state index in [2.05, 4.69) is 51.8 Å². The summed E-state index contributed by atoms with van der Waals surface area (Å²) in [5.74, 6) is -0.0629. The van der Waals surface area contributed by atoms with Crippen molar-refractivity contribution in [1.82, 2.24) is 5.32 Å². The lowest BCUT2D eigenvalue weighted by atomic mass is 10.1. The highest BCUT2D eigenvalue weighted by Gasteiger charge is 2.14. The van der Waals surface area contributed by atoms with E-state index in [0.717, 1.165) is 15.6 Å². The first kappa shape index (κ1) is 16.1. The van der Waals surface area contributed by atoms with Crippen LogP contribution in [0.2, 0.25) is 0 Å². The summed E-state index contributed by atoms with van der Waals surface area (Å²) in [4.78, 5) is 13.6. The van der Waals surface area contributed by atoms with Crippen LogP contribution >= 0.6 is 27.7 Å². The Morgan fingerprint density at radius 2 is 1.86 bits per heavy atom. The van der Waals surface area contributed by atoms with E-state index in [1.54, 1.807) is 11.8 Å². The molecular weight excluding hydrogens is 346 g/mol. The third kappa shape index (κ3) is 4.11. The molecule has 0 aliphatic rings. The fourth-order valence-corrected chi connectivity index (χ4v) is 2.90. The van der Waals surface area contributed by atoms with E-state index in [0.29, 0.717) is 5.56 Å². The number of rotatable bonds is 4. The van der Waals surface area contributed by atoms with Crippen molar-refractivity contribution < 1.29 is 4.79 Å². The Morgan fingerprint density at radius 1 is 1.19 bits per heavy atom. The smallest absolute Gasteiger partial charge is 0.252 e. The van der Waals surface area contributed by atoms with Crippen molar-refractivity contribution >= 4 is 33.6 Å². The largest absolute Gasteiger partial charge is 0.345 e. The number of nitrogens with one attached hydrogen (secondary N) is 1. The van der Waals surface area contributed by atoms with Gasteiger partial charge in [0, 0.05) is 9.37 Å². The Labute approximate surface area is 138 Å². The number of hydrogen-bond acceptors (Lipinski definition) is 2. The molecule has 2 rings (SSSR count). The second-order valence-corrected chi connectivity index (χ2v) is 6.69. The molecule has 0 saturated carbocycles. The van der Waals surface area contributed by atoms with E-state index in [1.807, 2.05) is 32.0 Å². The van der Waals surface area contributed by atoms with Gasteiger partial charge in [-0.2, -0.15) is 0 Å². The molecule has 0 aromatic heterocycles. The molecule has 4 heteroatoms. The van der Waals surface area contributed by atoms with Gasteiger partial charge in [0.1, 0.15) is 0 Å². The second kappa shape index (κ2) is 7.14. The molecule has 0 radical (unpaired) electrons. The van der Waals surface area contributed by atoms with Crippen molar-refractivity contribution in [2.24, 2.45) is 0 Å². The van der Waals surface area contributed by atoms with Gasteiger partial charge in [-0.15, -0.1) is 11.8 Å². The predicted octanol–water partition coefficient (Wildman–Crippen LogP) is 4.97. The molecule has 110 valence electrons. The van der Waals surface area contributed by atoms with Gasteiger partial charge >= 0.3 is 0 Å². The number of halogens is 1. The topological polar surface area (TPSA) is 29.1 Å². The lowest BCUT2D eigenvalue weighted by Gasteiger charge is -2.15. The summed E-state index contributed by atoms with van der Waals surface area (Å²) < 4.78 is 0.815. The van der Waals surface area contributed by atoms with Crippen molar-refractivity contribution in [1.29, 1.82) is 0 Å². The monoisotopic (exact) mass is 363 g/mol. The van der Waals surface area contributed by atoms with Gasteiger partial charge in [-0.25, -0.2) is 0 Å². The number of amides is 1. The quantitative estimate of drug-likeness (QED) is 0.776. The van der Waals surface area contributed by atoms with Gasteiger partial charge in [-0.3, -0.25) is 4.79 Å². The van der Waals surface area contributed by atoms with Gasteiger partial charge in [-0.05, 0) is 65.9 Å². The fraction of sp³-hybridized carbons (Fsp3) is 0.235. The molecule has 1 unspecified atom stereocenters. The molecule has 0 aliphatic carbocycles. The first-order valence-corrected chi connectivity index (χ1v) is 8.74. The minimum absolute atomic E-state index is 0.0270. The highest BCUT2D eigenvalue weighted by atomic mass is 79.9. The molecule has 21 heavy (non-hydrogen) atoms. The maximum Gasteiger partial charge on any atom is 0.252 e. The molecule has 0 spiro atoms. The maximum absolute atomic E-state index is 12.4. The minimum atomic E-state index is -0.0629. The molecule has 1 amide bonds. The van der Waals surface area contributed by atoms with Crippen LogP contribution in [0.25, 0.3) is 0 Å². The third-order valence-corrected chi connectivity index (χ3v) is 4.76. The molecule has 2 aromatic carbocycles. The van der Waals surface area contributed by atoms with Crippen molar-refractivity contribution in [3.8, 4) is 0 Å². The van der Waals surface area contributed by atoms with Crippen molar-refractivity contribution in [2.75, 3.05) is 6.26 Å². The van der Waals surface area contributed by atoms with Gasteiger partial charge in [0.15, 0.2) is 0 Å². The van der Waals surface area contributed by atoms with Gasteiger partial charge in [-0.1, -0.05) is 23.8 Å². The van der Waals surface area contributed by atoms with Gasteiger partial charge < -0.3 is 5.32 Å². The van der Waals surface area contributed by atoms with E-state index in [9.17, 15) is 4.79 Å². The Balaban J connectivity index is 2.12. The summed E-state index contributed by atoms with van der Waals surface area (Å²) in [7, 11) is 0. The average Bonchev–Trinajstić information content (AvgIpc) is 2.49. The molecule has 0 saturated heterocycles. The Kier molecular flexibility index (Phi) is 5.48. The molecular formula is C17H18BrNOS. The molecule has 0 heterocycles. The van der Waals surface area contributed by atoms with Crippen LogP contribution in [0.4, 0.5) is 0 Å². The molecule has 0 bridgehead atoms. The lowest BCUT2D eigenvalue weighted by molar-refractivity contribution is 0.0939. The number of benzene rings is 2. The van der Waals surface area contributed by atoms with E-state index < -0.39 is 0 Å². The SMILES string of the molecule is CSc1ccc(C(C)NC(=O)c2cc(C)ccc2Br)cc1. The van der Waals surface area contributed by atoms with Gasteiger partial charge in [0.25, 0.3) is 5.91 Å². The lowest BCUT2D eigenvalue weighted by Crippen LogP contribution is -2.27.